The Balaban J connectivity index is 2.20. The minimum absolute atomic E-state index is 0.0225. The van der Waals surface area contributed by atoms with Crippen LogP contribution in [0, 0.1) is 18.3 Å². The molecule has 3 rings (SSSR count). The maximum absolute atomic E-state index is 13.4. The van der Waals surface area contributed by atoms with Gasteiger partial charge in [0.1, 0.15) is 21.8 Å². The second-order valence-electron chi connectivity index (χ2n) is 8.89. The van der Waals surface area contributed by atoms with Crippen LogP contribution in [0.15, 0.2) is 9.70 Å². The Labute approximate surface area is 212 Å². The molecule has 1 unspecified atom stereocenters. The molecule has 1 atom stereocenters. The van der Waals surface area contributed by atoms with Crippen LogP contribution in [0.5, 0.6) is 0 Å². The van der Waals surface area contributed by atoms with Crippen molar-refractivity contribution in [2.24, 2.45) is 0 Å². The molecule has 0 aromatic carbocycles. The van der Waals surface area contributed by atoms with Crippen molar-refractivity contribution in [3.8, 4) is 6.07 Å². The van der Waals surface area contributed by atoms with E-state index in [2.05, 4.69) is 29.7 Å². The van der Waals surface area contributed by atoms with E-state index in [1.807, 2.05) is 26.8 Å². The maximum Gasteiger partial charge on any atom is 0.270 e. The molecular weight excluding hydrogens is 466 g/mol. The fourth-order valence-electron chi connectivity index (χ4n) is 4.46. The normalized spacial score (nSPS) is 19.2. The van der Waals surface area contributed by atoms with Crippen LogP contribution in [0.2, 0.25) is 0 Å². The van der Waals surface area contributed by atoms with Gasteiger partial charge in [-0.1, -0.05) is 51.2 Å². The van der Waals surface area contributed by atoms with E-state index in [9.17, 15) is 14.9 Å². The van der Waals surface area contributed by atoms with Crippen molar-refractivity contribution in [1.29, 1.82) is 5.26 Å². The Bertz CT molecular complexity index is 1080. The lowest BCUT2D eigenvalue weighted by Gasteiger charge is -2.37. The third-order valence-electron chi connectivity index (χ3n) is 6.83. The summed E-state index contributed by atoms with van der Waals surface area (Å²) in [6.45, 7) is 15.0. The quantitative estimate of drug-likeness (QED) is 0.394. The van der Waals surface area contributed by atoms with E-state index < -0.39 is 0 Å². The lowest BCUT2D eigenvalue weighted by atomic mass is 10.0. The van der Waals surface area contributed by atoms with Crippen molar-refractivity contribution in [2.45, 2.75) is 66.5 Å². The molecule has 0 N–H and O–H groups in total. The molecule has 1 amide bonds. The molecule has 1 aromatic rings. The van der Waals surface area contributed by atoms with Crippen LogP contribution >= 0.6 is 24.0 Å². The number of unbranched alkanes of at least 4 members (excludes halogenated alkanes) is 1. The Kier molecular flexibility index (Phi) is 8.96. The second-order valence-corrected chi connectivity index (χ2v) is 10.6. The van der Waals surface area contributed by atoms with Gasteiger partial charge in [-0.3, -0.25) is 19.1 Å². The number of hydrogen-bond acceptors (Lipinski definition) is 7. The third kappa shape index (κ3) is 5.09. The van der Waals surface area contributed by atoms with Gasteiger partial charge in [-0.2, -0.15) is 5.26 Å². The summed E-state index contributed by atoms with van der Waals surface area (Å²) in [5.74, 6) is 0.717. The number of thiocarbonyl (C=S) groups is 1. The van der Waals surface area contributed by atoms with E-state index in [1.165, 1.54) is 11.8 Å². The molecule has 184 valence electrons. The van der Waals surface area contributed by atoms with E-state index >= 15 is 0 Å². The van der Waals surface area contributed by atoms with Crippen LogP contribution in [0.4, 0.5) is 5.82 Å². The molecule has 0 radical (unpaired) electrons. The monoisotopic (exact) mass is 501 g/mol. The molecule has 1 aromatic heterocycles. The van der Waals surface area contributed by atoms with Gasteiger partial charge >= 0.3 is 0 Å². The summed E-state index contributed by atoms with van der Waals surface area (Å²) in [7, 11) is 0. The highest BCUT2D eigenvalue weighted by molar-refractivity contribution is 8.26. The minimum atomic E-state index is -0.245. The summed E-state index contributed by atoms with van der Waals surface area (Å²) in [6.07, 6.45) is 4.45. The summed E-state index contributed by atoms with van der Waals surface area (Å²) < 4.78 is 2.32. The highest BCUT2D eigenvalue weighted by Gasteiger charge is 2.35. The average molecular weight is 502 g/mol. The van der Waals surface area contributed by atoms with Crippen molar-refractivity contribution in [3.05, 3.63) is 31.9 Å². The number of hydrogen-bond donors (Lipinski definition) is 0. The highest BCUT2D eigenvalue weighted by Crippen LogP contribution is 2.37. The summed E-state index contributed by atoms with van der Waals surface area (Å²) in [5, 5.41) is 9.84. The number of pyridine rings is 1. The molecule has 9 heteroatoms. The molecule has 0 bridgehead atoms. The van der Waals surface area contributed by atoms with Gasteiger partial charge in [0.05, 0.1) is 4.91 Å². The van der Waals surface area contributed by atoms with E-state index in [0.717, 1.165) is 63.4 Å². The van der Waals surface area contributed by atoms with Crippen molar-refractivity contribution in [3.63, 3.8) is 0 Å². The lowest BCUT2D eigenvalue weighted by Crippen LogP contribution is -2.48. The van der Waals surface area contributed by atoms with Crippen molar-refractivity contribution < 1.29 is 4.79 Å². The van der Waals surface area contributed by atoms with Gasteiger partial charge in [-0.05, 0) is 44.9 Å². The maximum atomic E-state index is 13.4. The van der Waals surface area contributed by atoms with Gasteiger partial charge < -0.3 is 9.80 Å². The van der Waals surface area contributed by atoms with Crippen LogP contribution in [-0.4, -0.2) is 63.4 Å². The molecular formula is C25H35N5O2S2. The zero-order chi connectivity index (χ0) is 25.0. The molecule has 0 spiro atoms. The first-order valence-corrected chi connectivity index (χ1v) is 13.4. The number of carbonyl (C=O) groups excluding carboxylic acids is 1. The molecule has 2 fully saturated rings. The van der Waals surface area contributed by atoms with Gasteiger partial charge in [-0.15, -0.1) is 0 Å². The molecule has 34 heavy (non-hydrogen) atoms. The standard InChI is InChI=1S/C25H35N5O2S2/c1-6-9-10-29-22(28-13-11-27(8-3)12-14-28)19(18(5)20(16-26)23(29)31)15-21-24(32)30(17(4)7-2)25(33)34-21/h15,17H,6-14H2,1-5H3/b21-15-. The van der Waals surface area contributed by atoms with Gasteiger partial charge in [0.15, 0.2) is 0 Å². The van der Waals surface area contributed by atoms with Gasteiger partial charge in [0.2, 0.25) is 0 Å². The summed E-state index contributed by atoms with van der Waals surface area (Å²) in [5.41, 5.74) is 1.31. The molecule has 2 saturated heterocycles. The van der Waals surface area contributed by atoms with E-state index in [0.29, 0.717) is 21.3 Å². The first-order valence-electron chi connectivity index (χ1n) is 12.2. The average Bonchev–Trinajstić information content (AvgIpc) is 3.12. The highest BCUT2D eigenvalue weighted by atomic mass is 32.2. The van der Waals surface area contributed by atoms with Gasteiger partial charge in [0.25, 0.3) is 11.5 Å². The zero-order valence-electron chi connectivity index (χ0n) is 20.9. The van der Waals surface area contributed by atoms with Crippen LogP contribution in [0.1, 0.15) is 63.6 Å². The van der Waals surface area contributed by atoms with Crippen LogP contribution in [-0.2, 0) is 11.3 Å². The van der Waals surface area contributed by atoms with Crippen LogP contribution in [0.25, 0.3) is 6.08 Å². The molecule has 0 saturated carbocycles. The van der Waals surface area contributed by atoms with Crippen LogP contribution in [0.3, 0.4) is 0 Å². The summed E-state index contributed by atoms with van der Waals surface area (Å²) >= 11 is 6.83. The number of aromatic nitrogens is 1. The predicted molar refractivity (Wildman–Crippen MR) is 144 cm³/mol. The number of nitrogens with zero attached hydrogens (tertiary/aromatic N) is 5. The van der Waals surface area contributed by atoms with Crippen molar-refractivity contribution in [1.82, 2.24) is 14.4 Å². The number of amides is 1. The largest absolute Gasteiger partial charge is 0.355 e. The number of likely N-dealkylation sites (N-methyl/N-ethyl adjacent to an activating group) is 1. The zero-order valence-corrected chi connectivity index (χ0v) is 22.5. The smallest absolute Gasteiger partial charge is 0.270 e. The van der Waals surface area contributed by atoms with Crippen LogP contribution < -0.4 is 10.5 Å². The Hall–Kier alpha value is -2.15. The van der Waals surface area contributed by atoms with Crippen molar-refractivity contribution >= 4 is 46.1 Å². The van der Waals surface area contributed by atoms with E-state index in [4.69, 9.17) is 12.2 Å². The Morgan fingerprint density at radius 2 is 1.85 bits per heavy atom. The second kappa shape index (κ2) is 11.5. The Morgan fingerprint density at radius 1 is 1.18 bits per heavy atom. The fraction of sp³-hybridized carbons (Fsp3) is 0.600. The topological polar surface area (TPSA) is 72.6 Å². The summed E-state index contributed by atoms with van der Waals surface area (Å²) in [4.78, 5) is 33.5. The molecule has 7 nitrogen and oxygen atoms in total. The number of nitriles is 1. The number of carbonyl (C=O) groups is 1. The molecule has 2 aliphatic heterocycles. The predicted octanol–water partition coefficient (Wildman–Crippen LogP) is 3.97. The number of anilines is 1. The fourth-order valence-corrected chi connectivity index (χ4v) is 5.90. The number of thioether (sulfide) groups is 1. The third-order valence-corrected chi connectivity index (χ3v) is 8.16. The van der Waals surface area contributed by atoms with Gasteiger partial charge in [-0.25, -0.2) is 0 Å². The minimum Gasteiger partial charge on any atom is -0.355 e. The first-order chi connectivity index (χ1) is 16.3. The Morgan fingerprint density at radius 3 is 2.41 bits per heavy atom. The lowest BCUT2D eigenvalue weighted by molar-refractivity contribution is -0.123. The molecule has 3 heterocycles. The van der Waals surface area contributed by atoms with Gasteiger partial charge in [0, 0.05) is 44.3 Å². The van der Waals surface area contributed by atoms with Crippen molar-refractivity contribution in [2.75, 3.05) is 37.6 Å². The molecule has 2 aliphatic rings. The molecule has 0 aliphatic carbocycles. The number of piperazine rings is 1. The summed E-state index contributed by atoms with van der Waals surface area (Å²) in [6, 6.07) is 2.15. The SMILES string of the molecule is CCCCn1c(N2CCN(CC)CC2)c(/C=C2\SC(=S)N(C(C)CC)C2=O)c(C)c(C#N)c1=O. The van der Waals surface area contributed by atoms with E-state index in [1.54, 1.807) is 9.47 Å². The van der Waals surface area contributed by atoms with E-state index in [-0.39, 0.29) is 23.1 Å². The first kappa shape index (κ1) is 26.5. The number of rotatable bonds is 8.